The van der Waals surface area contributed by atoms with Crippen LogP contribution in [0.15, 0.2) is 82.7 Å². The highest BCUT2D eigenvalue weighted by Gasteiger charge is 2.16. The van der Waals surface area contributed by atoms with Gasteiger partial charge in [-0.05, 0) is 105 Å². The van der Waals surface area contributed by atoms with E-state index in [1.54, 1.807) is 39.0 Å². The molecule has 1 amide bonds. The van der Waals surface area contributed by atoms with Crippen LogP contribution in [-0.4, -0.2) is 56.3 Å². The van der Waals surface area contributed by atoms with Crippen LogP contribution in [0.1, 0.15) is 50.3 Å². The number of nitrogens with two attached hydrogens (primary N) is 1. The Morgan fingerprint density at radius 2 is 1.04 bits per heavy atom. The lowest BCUT2D eigenvalue weighted by atomic mass is 10.2. The Labute approximate surface area is 328 Å². The van der Waals surface area contributed by atoms with Crippen LogP contribution in [0.4, 0.5) is 0 Å². The third-order valence-electron chi connectivity index (χ3n) is 5.70. The van der Waals surface area contributed by atoms with Crippen molar-refractivity contribution in [1.82, 2.24) is 4.72 Å². The quantitative estimate of drug-likeness (QED) is 0.162. The summed E-state index contributed by atoms with van der Waals surface area (Å²) < 4.78 is 79.9. The molecule has 0 radical (unpaired) electrons. The average Bonchev–Trinajstić information content (AvgIpc) is 3.56. The van der Waals surface area contributed by atoms with Gasteiger partial charge in [0.05, 0.1) is 14.7 Å². The van der Waals surface area contributed by atoms with E-state index in [1.165, 1.54) is 63.1 Å². The molecule has 20 heteroatoms. The molecule has 3 aromatic carbocycles. The Balaban J connectivity index is 0.000000639. The van der Waals surface area contributed by atoms with Crippen molar-refractivity contribution in [2.75, 3.05) is 13.2 Å². The molecule has 3 aromatic rings. The molecule has 1 saturated heterocycles. The van der Waals surface area contributed by atoms with Crippen LogP contribution < -0.4 is 9.86 Å². The number of benzene rings is 3. The van der Waals surface area contributed by atoms with Gasteiger partial charge in [-0.1, -0.05) is 47.8 Å². The lowest BCUT2D eigenvalue weighted by Gasteiger charge is -2.06. The molecule has 3 N–H and O–H groups in total. The van der Waals surface area contributed by atoms with Crippen LogP contribution in [-0.2, 0) is 53.0 Å². The predicted octanol–water partition coefficient (Wildman–Crippen LogP) is 6.57. The van der Waals surface area contributed by atoms with Gasteiger partial charge in [-0.2, -0.15) is 0 Å². The number of sulfonamides is 2. The number of amides is 1. The maximum atomic E-state index is 11.6. The zero-order valence-electron chi connectivity index (χ0n) is 28.3. The number of hydrogen-bond donors (Lipinski definition) is 2. The average molecular weight is 986 g/mol. The molecular weight excluding hydrogens is 948 g/mol. The summed E-state index contributed by atoms with van der Waals surface area (Å²) in [5.41, 5.74) is 2.49. The summed E-state index contributed by atoms with van der Waals surface area (Å²) >= 11 is 9.78. The van der Waals surface area contributed by atoms with Gasteiger partial charge in [0.2, 0.25) is 15.9 Å². The van der Waals surface area contributed by atoms with Gasteiger partial charge in [-0.25, -0.2) is 35.1 Å². The summed E-state index contributed by atoms with van der Waals surface area (Å²) in [5, 5.41) is 4.93. The van der Waals surface area contributed by atoms with Gasteiger partial charge in [0.1, 0.15) is 0 Å². The lowest BCUT2D eigenvalue weighted by molar-refractivity contribution is -0.156. The third kappa shape index (κ3) is 21.2. The van der Waals surface area contributed by atoms with Gasteiger partial charge in [0, 0.05) is 58.1 Å². The highest BCUT2D eigenvalue weighted by atomic mass is 79.9. The highest BCUT2D eigenvalue weighted by molar-refractivity contribution is 9.11. The number of halogens is 4. The number of nitrogens with one attached hydrogen (secondary N) is 1. The summed E-state index contributed by atoms with van der Waals surface area (Å²) in [7, 11) is -5.73. The number of carbonyl (C=O) groups excluding carboxylic acids is 3. The first-order valence-corrected chi connectivity index (χ1v) is 22.1. The number of rotatable bonds is 4. The van der Waals surface area contributed by atoms with Gasteiger partial charge >= 0.3 is 11.9 Å². The Morgan fingerprint density at radius 3 is 1.31 bits per heavy atom. The van der Waals surface area contributed by atoms with E-state index in [2.05, 4.69) is 52.5 Å². The Bertz CT molecular complexity index is 1910. The van der Waals surface area contributed by atoms with Crippen molar-refractivity contribution < 1.29 is 49.1 Å². The molecular formula is C31H38Br3ClN2O11S3. The molecule has 0 spiro atoms. The van der Waals surface area contributed by atoms with Gasteiger partial charge in [-0.3, -0.25) is 14.4 Å². The van der Waals surface area contributed by atoms with E-state index in [-0.39, 0.29) is 14.7 Å². The molecule has 4 rings (SSSR count). The zero-order chi connectivity index (χ0) is 39.7. The number of hydrogen-bond acceptors (Lipinski definition) is 11. The van der Waals surface area contributed by atoms with Gasteiger partial charge in [0.25, 0.3) is 19.1 Å². The predicted molar refractivity (Wildman–Crippen MR) is 205 cm³/mol. The fourth-order valence-corrected chi connectivity index (χ4v) is 6.56. The summed E-state index contributed by atoms with van der Waals surface area (Å²) in [6, 6.07) is 13.8. The van der Waals surface area contributed by atoms with Crippen molar-refractivity contribution in [1.29, 1.82) is 0 Å². The van der Waals surface area contributed by atoms with Crippen LogP contribution in [0.5, 0.6) is 0 Å². The molecule has 0 aliphatic carbocycles. The summed E-state index contributed by atoms with van der Waals surface area (Å²) in [6.07, 6.45) is 2.56. The number of aryl methyl sites for hydroxylation is 3. The summed E-state index contributed by atoms with van der Waals surface area (Å²) in [4.78, 5) is 30.7. The number of primary sulfonamides is 1. The first-order chi connectivity index (χ1) is 23.3. The minimum atomic E-state index is -3.72. The second kappa shape index (κ2) is 22.8. The second-order valence-corrected chi connectivity index (χ2v) is 18.7. The van der Waals surface area contributed by atoms with E-state index >= 15 is 0 Å². The molecule has 51 heavy (non-hydrogen) atoms. The van der Waals surface area contributed by atoms with E-state index in [9.17, 15) is 39.6 Å². The minimum Gasteiger partial charge on any atom is -0.394 e. The lowest BCUT2D eigenvalue weighted by Crippen LogP contribution is -2.28. The second-order valence-electron chi connectivity index (χ2n) is 10.3. The van der Waals surface area contributed by atoms with Gasteiger partial charge in [0.15, 0.2) is 0 Å². The van der Waals surface area contributed by atoms with Crippen LogP contribution in [0.2, 0.25) is 0 Å². The van der Waals surface area contributed by atoms with Crippen molar-refractivity contribution in [3.05, 3.63) is 84.7 Å². The molecule has 0 unspecified atom stereocenters. The van der Waals surface area contributed by atoms with Crippen LogP contribution >= 0.6 is 58.5 Å². The largest absolute Gasteiger partial charge is 0.394 e. The Kier molecular flexibility index (Phi) is 21.8. The van der Waals surface area contributed by atoms with Crippen molar-refractivity contribution >= 4 is 105 Å². The third-order valence-corrected chi connectivity index (χ3v) is 12.1. The normalized spacial score (nSPS) is 12.1. The van der Waals surface area contributed by atoms with E-state index in [0.29, 0.717) is 0 Å². The zero-order valence-corrected chi connectivity index (χ0v) is 36.3. The van der Waals surface area contributed by atoms with Crippen molar-refractivity contribution in [3.63, 3.8) is 0 Å². The number of esters is 2. The monoisotopic (exact) mass is 982 g/mol. The molecule has 0 bridgehead atoms. The molecule has 1 fully saturated rings. The maximum absolute atomic E-state index is 11.6. The van der Waals surface area contributed by atoms with Crippen LogP contribution in [0, 0.1) is 20.8 Å². The fourth-order valence-electron chi connectivity index (χ4n) is 3.31. The van der Waals surface area contributed by atoms with E-state index in [4.69, 9.17) is 20.6 Å². The van der Waals surface area contributed by atoms with E-state index < -0.39 is 46.9 Å². The molecule has 0 aromatic heterocycles. The SMILES string of the molecule is C1CCOC1.CC(=O)NS(=O)(=O)c1ccc(Br)c(C)c1.CC(=O)OC(C)=O.Cc1cc(S(=O)(=O)Cl)ccc1Br.Cc1cc(S(N)(=O)=O)ccc1Br. The van der Waals surface area contributed by atoms with Crippen molar-refractivity contribution in [3.8, 4) is 0 Å². The highest BCUT2D eigenvalue weighted by Crippen LogP contribution is 2.22. The van der Waals surface area contributed by atoms with Crippen LogP contribution in [0.25, 0.3) is 0 Å². The molecule has 284 valence electrons. The number of ether oxygens (including phenoxy) is 2. The standard InChI is InChI=1S/C9H10BrNO3S.C7H6BrClO2S.C7H8BrNO2S.C4H6O3.C4H8O/c1-6-5-8(3-4-9(6)10)15(13,14)11-7(2)12;2*1-5-4-6(12(9,10)11)2-3-7(5)8;1-3(5)7-4(2)6;1-2-4-5-3-1/h3-5H,1-2H3,(H,11,12);2-4H,1H3;2-4H,1H3,(H2,9,10,11);1-2H3;1-4H2. The topological polar surface area (TPSA) is 210 Å². The number of carbonyl (C=O) groups is 3. The Morgan fingerprint density at radius 1 is 0.686 bits per heavy atom. The fraction of sp³-hybridized carbons (Fsp3) is 0.323. The molecule has 0 atom stereocenters. The molecule has 1 aliphatic rings. The summed E-state index contributed by atoms with van der Waals surface area (Å²) in [5.74, 6) is -1.73. The van der Waals surface area contributed by atoms with Crippen molar-refractivity contribution in [2.45, 2.75) is 69.1 Å². The van der Waals surface area contributed by atoms with E-state index in [0.717, 1.165) is 50.2 Å². The first-order valence-electron chi connectivity index (χ1n) is 14.3. The molecule has 1 heterocycles. The van der Waals surface area contributed by atoms with E-state index in [1.807, 2.05) is 4.72 Å². The Hall–Kier alpha value is -2.23. The minimum absolute atomic E-state index is 0.0819. The first kappa shape index (κ1) is 48.8. The summed E-state index contributed by atoms with van der Waals surface area (Å²) in [6.45, 7) is 10.9. The molecule has 1 aliphatic heterocycles. The molecule has 13 nitrogen and oxygen atoms in total. The molecule has 0 saturated carbocycles. The van der Waals surface area contributed by atoms with Crippen LogP contribution in [0.3, 0.4) is 0 Å². The van der Waals surface area contributed by atoms with Gasteiger partial charge in [-0.15, -0.1) is 0 Å². The smallest absolute Gasteiger partial charge is 0.310 e. The van der Waals surface area contributed by atoms with Crippen molar-refractivity contribution in [2.24, 2.45) is 5.14 Å². The van der Waals surface area contributed by atoms with Gasteiger partial charge < -0.3 is 9.47 Å². The maximum Gasteiger partial charge on any atom is 0.310 e.